The molecule has 1 fully saturated rings. The molecule has 1 aromatic heterocycles. The maximum absolute atomic E-state index is 12.3. The third-order valence-electron chi connectivity index (χ3n) is 4.47. The van der Waals surface area contributed by atoms with Crippen LogP contribution in [-0.4, -0.2) is 16.6 Å². The Bertz CT molecular complexity index is 662. The minimum atomic E-state index is -0.423. The molecule has 0 amide bonds. The Labute approximate surface area is 136 Å². The Morgan fingerprint density at radius 2 is 2.00 bits per heavy atom. The fourth-order valence-electron chi connectivity index (χ4n) is 3.04. The number of esters is 1. The van der Waals surface area contributed by atoms with Gasteiger partial charge >= 0.3 is 5.97 Å². The number of pyridine rings is 1. The molecule has 0 saturated heterocycles. The zero-order valence-electron chi connectivity index (χ0n) is 14.0. The molecule has 2 rings (SSSR count). The second kappa shape index (κ2) is 7.45. The highest BCUT2D eigenvalue weighted by Crippen LogP contribution is 2.25. The first-order valence-electron chi connectivity index (χ1n) is 8.25. The molecule has 0 N–H and O–H groups in total. The van der Waals surface area contributed by atoms with E-state index < -0.39 is 11.5 Å². The second-order valence-electron chi connectivity index (χ2n) is 6.70. The zero-order chi connectivity index (χ0) is 17.0. The molecule has 0 spiro atoms. The summed E-state index contributed by atoms with van der Waals surface area (Å²) in [4.78, 5) is 24.6. The number of rotatable bonds is 4. The molecule has 124 valence electrons. The van der Waals surface area contributed by atoms with Gasteiger partial charge in [-0.1, -0.05) is 20.8 Å². The van der Waals surface area contributed by atoms with Crippen LogP contribution in [0.15, 0.2) is 16.9 Å². The number of carbonyl (C=O) groups is 1. The summed E-state index contributed by atoms with van der Waals surface area (Å²) >= 11 is 0. The van der Waals surface area contributed by atoms with E-state index in [4.69, 9.17) is 10.00 Å². The first-order valence-corrected chi connectivity index (χ1v) is 8.25. The highest BCUT2D eigenvalue weighted by atomic mass is 16.5. The molecular weight excluding hydrogens is 292 g/mol. The number of nitriles is 1. The highest BCUT2D eigenvalue weighted by molar-refractivity contribution is 5.69. The van der Waals surface area contributed by atoms with E-state index in [2.05, 4.69) is 6.92 Å². The lowest BCUT2D eigenvalue weighted by atomic mass is 9.89. The van der Waals surface area contributed by atoms with E-state index >= 15 is 0 Å². The molecule has 0 unspecified atom stereocenters. The predicted octanol–water partition coefficient (Wildman–Crippen LogP) is 2.97. The van der Waals surface area contributed by atoms with Crippen molar-refractivity contribution >= 4 is 5.97 Å². The maximum atomic E-state index is 12.3. The summed E-state index contributed by atoms with van der Waals surface area (Å²) in [6.07, 6.45) is 3.86. The monoisotopic (exact) mass is 316 g/mol. The van der Waals surface area contributed by atoms with Crippen molar-refractivity contribution in [3.63, 3.8) is 0 Å². The van der Waals surface area contributed by atoms with E-state index in [1.807, 2.05) is 19.9 Å². The summed E-state index contributed by atoms with van der Waals surface area (Å²) in [5.41, 5.74) is 0.366. The standard InChI is InChI=1S/C18H24N2O3/c1-12(2)16-9-6-14(10-19)18(22)20(16)11-17(21)23-15-7-4-13(3)5-8-15/h6,9,12-13,15H,4-5,7-8,11H2,1-3H3. The van der Waals surface area contributed by atoms with Crippen LogP contribution in [-0.2, 0) is 16.1 Å². The molecule has 1 aliphatic carbocycles. The smallest absolute Gasteiger partial charge is 0.326 e. The molecule has 1 saturated carbocycles. The highest BCUT2D eigenvalue weighted by Gasteiger charge is 2.22. The Kier molecular flexibility index (Phi) is 5.59. The SMILES string of the molecule is CC1CCC(OC(=O)Cn2c(C(C)C)ccc(C#N)c2=O)CC1. The lowest BCUT2D eigenvalue weighted by Gasteiger charge is -2.26. The average molecular weight is 316 g/mol. The number of aromatic nitrogens is 1. The van der Waals surface area contributed by atoms with Crippen molar-refractivity contribution in [3.8, 4) is 6.07 Å². The maximum Gasteiger partial charge on any atom is 0.326 e. The van der Waals surface area contributed by atoms with Crippen molar-refractivity contribution in [2.24, 2.45) is 5.92 Å². The quantitative estimate of drug-likeness (QED) is 0.801. The zero-order valence-corrected chi connectivity index (χ0v) is 14.0. The summed E-state index contributed by atoms with van der Waals surface area (Å²) in [5.74, 6) is 0.370. The van der Waals surface area contributed by atoms with Crippen LogP contribution in [0.25, 0.3) is 0 Å². The van der Waals surface area contributed by atoms with Gasteiger partial charge in [-0.2, -0.15) is 5.26 Å². The van der Waals surface area contributed by atoms with Gasteiger partial charge in [0.1, 0.15) is 24.3 Å². The number of hydrogen-bond acceptors (Lipinski definition) is 4. The summed E-state index contributed by atoms with van der Waals surface area (Å²) in [6.45, 7) is 5.98. The summed E-state index contributed by atoms with van der Waals surface area (Å²) in [7, 11) is 0. The number of nitrogens with zero attached hydrogens (tertiary/aromatic N) is 2. The normalized spacial score (nSPS) is 21.0. The van der Waals surface area contributed by atoms with Crippen LogP contribution in [0.4, 0.5) is 0 Å². The number of ether oxygens (including phenoxy) is 1. The largest absolute Gasteiger partial charge is 0.461 e. The Morgan fingerprint density at radius 1 is 1.35 bits per heavy atom. The second-order valence-corrected chi connectivity index (χ2v) is 6.70. The minimum Gasteiger partial charge on any atom is -0.461 e. The Balaban J connectivity index is 2.14. The van der Waals surface area contributed by atoms with Gasteiger partial charge in [-0.15, -0.1) is 0 Å². The molecule has 0 aromatic carbocycles. The lowest BCUT2D eigenvalue weighted by molar-refractivity contribution is -0.151. The van der Waals surface area contributed by atoms with Gasteiger partial charge in [0.25, 0.3) is 5.56 Å². The molecule has 5 nitrogen and oxygen atoms in total. The fourth-order valence-corrected chi connectivity index (χ4v) is 3.04. The van der Waals surface area contributed by atoms with Gasteiger partial charge in [0.2, 0.25) is 0 Å². The van der Waals surface area contributed by atoms with Gasteiger partial charge in [0.15, 0.2) is 0 Å². The van der Waals surface area contributed by atoms with Crippen molar-refractivity contribution < 1.29 is 9.53 Å². The van der Waals surface area contributed by atoms with Gasteiger partial charge in [-0.25, -0.2) is 0 Å². The van der Waals surface area contributed by atoms with Crippen molar-refractivity contribution in [1.29, 1.82) is 5.26 Å². The van der Waals surface area contributed by atoms with E-state index in [-0.39, 0.29) is 24.1 Å². The molecule has 23 heavy (non-hydrogen) atoms. The Morgan fingerprint density at radius 3 is 2.57 bits per heavy atom. The lowest BCUT2D eigenvalue weighted by Crippen LogP contribution is -2.32. The number of hydrogen-bond donors (Lipinski definition) is 0. The van der Waals surface area contributed by atoms with Crippen molar-refractivity contribution in [2.45, 2.75) is 65.0 Å². The molecule has 0 bridgehead atoms. The van der Waals surface area contributed by atoms with E-state index in [1.54, 1.807) is 6.07 Å². The van der Waals surface area contributed by atoms with E-state index in [0.29, 0.717) is 5.92 Å². The fraction of sp³-hybridized carbons (Fsp3) is 0.611. The van der Waals surface area contributed by atoms with Gasteiger partial charge in [0.05, 0.1) is 0 Å². The van der Waals surface area contributed by atoms with Crippen LogP contribution in [0, 0.1) is 17.2 Å². The van der Waals surface area contributed by atoms with Crippen molar-refractivity contribution in [1.82, 2.24) is 4.57 Å². The van der Waals surface area contributed by atoms with E-state index in [0.717, 1.165) is 31.4 Å². The van der Waals surface area contributed by atoms with Crippen molar-refractivity contribution in [2.75, 3.05) is 0 Å². The number of carbonyl (C=O) groups excluding carboxylic acids is 1. The molecule has 1 heterocycles. The molecular formula is C18H24N2O3. The first kappa shape index (κ1) is 17.3. The summed E-state index contributed by atoms with van der Waals surface area (Å²) < 4.78 is 6.90. The third kappa shape index (κ3) is 4.22. The van der Waals surface area contributed by atoms with Crippen LogP contribution in [0.1, 0.15) is 63.6 Å². The first-order chi connectivity index (χ1) is 10.9. The molecule has 1 aliphatic rings. The summed E-state index contributed by atoms with van der Waals surface area (Å²) in [6, 6.07) is 5.13. The molecule has 0 aliphatic heterocycles. The van der Waals surface area contributed by atoms with E-state index in [9.17, 15) is 9.59 Å². The van der Waals surface area contributed by atoms with E-state index in [1.165, 1.54) is 10.6 Å². The van der Waals surface area contributed by atoms with Gasteiger partial charge in [-0.05, 0) is 49.7 Å². The molecule has 1 aromatic rings. The van der Waals surface area contributed by atoms with Crippen LogP contribution in [0.5, 0.6) is 0 Å². The van der Waals surface area contributed by atoms with Crippen LogP contribution < -0.4 is 5.56 Å². The molecule has 0 radical (unpaired) electrons. The average Bonchev–Trinajstić information content (AvgIpc) is 2.51. The topological polar surface area (TPSA) is 72.1 Å². The predicted molar refractivity (Wildman–Crippen MR) is 87.0 cm³/mol. The van der Waals surface area contributed by atoms with Gasteiger partial charge < -0.3 is 9.30 Å². The molecule has 0 atom stereocenters. The minimum absolute atomic E-state index is 0.0453. The summed E-state index contributed by atoms with van der Waals surface area (Å²) in [5, 5.41) is 9.01. The van der Waals surface area contributed by atoms with Crippen LogP contribution in [0.3, 0.4) is 0 Å². The van der Waals surface area contributed by atoms with Crippen molar-refractivity contribution in [3.05, 3.63) is 33.7 Å². The van der Waals surface area contributed by atoms with Gasteiger partial charge in [0, 0.05) is 5.69 Å². The van der Waals surface area contributed by atoms with Gasteiger partial charge in [-0.3, -0.25) is 9.59 Å². The third-order valence-corrected chi connectivity index (χ3v) is 4.47. The van der Waals surface area contributed by atoms with Crippen LogP contribution >= 0.6 is 0 Å². The Hall–Kier alpha value is -2.09. The molecule has 5 heteroatoms. The van der Waals surface area contributed by atoms with Crippen LogP contribution in [0.2, 0.25) is 0 Å².